The van der Waals surface area contributed by atoms with Gasteiger partial charge in [-0.05, 0) is 24.5 Å². The Morgan fingerprint density at radius 1 is 1.70 bits per heavy atom. The summed E-state index contributed by atoms with van der Waals surface area (Å²) >= 11 is 0. The Bertz CT molecular complexity index is 203. The third-order valence-electron chi connectivity index (χ3n) is 2.07. The molecule has 54 valence electrons. The second-order valence-electron chi connectivity index (χ2n) is 2.80. The summed E-state index contributed by atoms with van der Waals surface area (Å²) < 4.78 is 5.18. The summed E-state index contributed by atoms with van der Waals surface area (Å²) in [5.41, 5.74) is 0. The number of furan rings is 1. The first-order valence-corrected chi connectivity index (χ1v) is 3.56. The first kappa shape index (κ1) is 5.98. The molecule has 2 rings (SSSR count). The highest BCUT2D eigenvalue weighted by Gasteiger charge is 2.39. The molecule has 2 atom stereocenters. The van der Waals surface area contributed by atoms with E-state index in [0.29, 0.717) is 18.4 Å². The summed E-state index contributed by atoms with van der Waals surface area (Å²) in [6.07, 6.45) is 2.77. The molecule has 0 radical (unpaired) electrons. The minimum Gasteiger partial charge on any atom is -0.469 e. The standard InChI is InChI=1S/C8H10O2/c9-5-6-4-7(6)8-2-1-3-10-8/h1-3,6-7,9H,4-5H2/t6-,7+/m1/s1. The Morgan fingerprint density at radius 2 is 2.60 bits per heavy atom. The monoisotopic (exact) mass is 138 g/mol. The van der Waals surface area contributed by atoms with E-state index in [-0.39, 0.29) is 0 Å². The van der Waals surface area contributed by atoms with E-state index in [1.807, 2.05) is 12.1 Å². The van der Waals surface area contributed by atoms with Gasteiger partial charge in [-0.3, -0.25) is 0 Å². The Kier molecular flexibility index (Phi) is 1.27. The third kappa shape index (κ3) is 0.847. The number of aliphatic hydroxyl groups is 1. The van der Waals surface area contributed by atoms with Crippen LogP contribution in [0, 0.1) is 5.92 Å². The van der Waals surface area contributed by atoms with Gasteiger partial charge in [0, 0.05) is 12.5 Å². The molecule has 1 aromatic heterocycles. The number of hydrogen-bond acceptors (Lipinski definition) is 2. The zero-order valence-electron chi connectivity index (χ0n) is 5.66. The number of rotatable bonds is 2. The summed E-state index contributed by atoms with van der Waals surface area (Å²) in [6.45, 7) is 0.297. The van der Waals surface area contributed by atoms with Crippen molar-refractivity contribution in [3.8, 4) is 0 Å². The van der Waals surface area contributed by atoms with E-state index in [4.69, 9.17) is 9.52 Å². The SMILES string of the molecule is OC[C@H]1C[C@@H]1c1ccco1. The van der Waals surface area contributed by atoms with Gasteiger partial charge in [-0.2, -0.15) is 0 Å². The van der Waals surface area contributed by atoms with Crippen LogP contribution < -0.4 is 0 Å². The van der Waals surface area contributed by atoms with E-state index < -0.39 is 0 Å². The highest BCUT2D eigenvalue weighted by atomic mass is 16.3. The largest absolute Gasteiger partial charge is 0.469 e. The molecule has 0 saturated heterocycles. The molecule has 0 bridgehead atoms. The average molecular weight is 138 g/mol. The van der Waals surface area contributed by atoms with Crippen LogP contribution in [0.15, 0.2) is 22.8 Å². The van der Waals surface area contributed by atoms with Crippen molar-refractivity contribution in [3.63, 3.8) is 0 Å². The zero-order chi connectivity index (χ0) is 6.97. The fourth-order valence-electron chi connectivity index (χ4n) is 1.30. The molecule has 0 aromatic carbocycles. The van der Waals surface area contributed by atoms with Crippen LogP contribution in [0.5, 0.6) is 0 Å². The van der Waals surface area contributed by atoms with E-state index >= 15 is 0 Å². The molecule has 1 saturated carbocycles. The van der Waals surface area contributed by atoms with Gasteiger partial charge in [0.05, 0.1) is 6.26 Å². The van der Waals surface area contributed by atoms with Crippen LogP contribution >= 0.6 is 0 Å². The maximum atomic E-state index is 8.73. The van der Waals surface area contributed by atoms with Gasteiger partial charge in [0.25, 0.3) is 0 Å². The molecule has 1 fully saturated rings. The third-order valence-corrected chi connectivity index (χ3v) is 2.07. The lowest BCUT2D eigenvalue weighted by Gasteiger charge is -1.89. The second kappa shape index (κ2) is 2.13. The summed E-state index contributed by atoms with van der Waals surface area (Å²) in [5, 5.41) is 8.73. The maximum absolute atomic E-state index is 8.73. The lowest BCUT2D eigenvalue weighted by Crippen LogP contribution is -1.86. The molecule has 1 aliphatic carbocycles. The second-order valence-corrected chi connectivity index (χ2v) is 2.80. The molecule has 1 aromatic rings. The quantitative estimate of drug-likeness (QED) is 0.669. The normalized spacial score (nSPS) is 30.5. The van der Waals surface area contributed by atoms with Crippen molar-refractivity contribution in [2.75, 3.05) is 6.61 Å². The van der Waals surface area contributed by atoms with E-state index in [0.717, 1.165) is 12.2 Å². The summed E-state index contributed by atoms with van der Waals surface area (Å²) in [4.78, 5) is 0. The van der Waals surface area contributed by atoms with Crippen LogP contribution in [-0.2, 0) is 0 Å². The van der Waals surface area contributed by atoms with Crippen LogP contribution in [0.2, 0.25) is 0 Å². The Morgan fingerprint density at radius 3 is 3.10 bits per heavy atom. The predicted molar refractivity (Wildman–Crippen MR) is 36.6 cm³/mol. The van der Waals surface area contributed by atoms with Crippen molar-refractivity contribution in [1.82, 2.24) is 0 Å². The molecule has 10 heavy (non-hydrogen) atoms. The number of aliphatic hydroxyl groups excluding tert-OH is 1. The molecule has 0 aliphatic heterocycles. The summed E-state index contributed by atoms with van der Waals surface area (Å²) in [7, 11) is 0. The molecule has 1 N–H and O–H groups in total. The number of hydrogen-bond donors (Lipinski definition) is 1. The van der Waals surface area contributed by atoms with Crippen molar-refractivity contribution in [3.05, 3.63) is 24.2 Å². The van der Waals surface area contributed by atoms with Gasteiger partial charge in [-0.15, -0.1) is 0 Å². The van der Waals surface area contributed by atoms with E-state index in [1.54, 1.807) is 6.26 Å². The van der Waals surface area contributed by atoms with Crippen molar-refractivity contribution in [2.24, 2.45) is 5.92 Å². The first-order chi connectivity index (χ1) is 4.92. The lowest BCUT2D eigenvalue weighted by atomic mass is 10.2. The van der Waals surface area contributed by atoms with Gasteiger partial charge in [0.2, 0.25) is 0 Å². The van der Waals surface area contributed by atoms with Crippen molar-refractivity contribution >= 4 is 0 Å². The Balaban J connectivity index is 2.05. The zero-order valence-corrected chi connectivity index (χ0v) is 5.66. The molecule has 1 heterocycles. The Hall–Kier alpha value is -0.760. The molecular formula is C8H10O2. The minimum atomic E-state index is 0.297. The highest BCUT2D eigenvalue weighted by Crippen LogP contribution is 2.46. The summed E-state index contributed by atoms with van der Waals surface area (Å²) in [5.74, 6) is 1.99. The average Bonchev–Trinajstić information content (AvgIpc) is 2.56. The van der Waals surface area contributed by atoms with Crippen LogP contribution in [0.3, 0.4) is 0 Å². The van der Waals surface area contributed by atoms with Gasteiger partial charge in [0.1, 0.15) is 5.76 Å². The van der Waals surface area contributed by atoms with Crippen molar-refractivity contribution in [2.45, 2.75) is 12.3 Å². The van der Waals surface area contributed by atoms with Crippen molar-refractivity contribution < 1.29 is 9.52 Å². The first-order valence-electron chi connectivity index (χ1n) is 3.56. The molecular weight excluding hydrogens is 128 g/mol. The molecule has 1 aliphatic rings. The van der Waals surface area contributed by atoms with Crippen LogP contribution in [0.25, 0.3) is 0 Å². The Labute approximate surface area is 59.5 Å². The molecule has 0 spiro atoms. The van der Waals surface area contributed by atoms with E-state index in [2.05, 4.69) is 0 Å². The van der Waals surface area contributed by atoms with Crippen molar-refractivity contribution in [1.29, 1.82) is 0 Å². The van der Waals surface area contributed by atoms with Crippen LogP contribution in [-0.4, -0.2) is 11.7 Å². The predicted octanol–water partition coefficient (Wildman–Crippen LogP) is 1.38. The van der Waals surface area contributed by atoms with Gasteiger partial charge in [-0.1, -0.05) is 0 Å². The van der Waals surface area contributed by atoms with E-state index in [9.17, 15) is 0 Å². The highest BCUT2D eigenvalue weighted by molar-refractivity contribution is 5.14. The molecule has 2 nitrogen and oxygen atoms in total. The van der Waals surface area contributed by atoms with Gasteiger partial charge in [0.15, 0.2) is 0 Å². The molecule has 0 unspecified atom stereocenters. The van der Waals surface area contributed by atoms with Gasteiger partial charge in [-0.25, -0.2) is 0 Å². The lowest BCUT2D eigenvalue weighted by molar-refractivity contribution is 0.271. The fourth-order valence-corrected chi connectivity index (χ4v) is 1.30. The molecule has 0 amide bonds. The van der Waals surface area contributed by atoms with Gasteiger partial charge < -0.3 is 9.52 Å². The summed E-state index contributed by atoms with van der Waals surface area (Å²) in [6, 6.07) is 3.86. The van der Waals surface area contributed by atoms with Gasteiger partial charge >= 0.3 is 0 Å². The topological polar surface area (TPSA) is 33.4 Å². The fraction of sp³-hybridized carbons (Fsp3) is 0.500. The van der Waals surface area contributed by atoms with E-state index in [1.165, 1.54) is 0 Å². The molecule has 2 heteroatoms. The van der Waals surface area contributed by atoms with Crippen LogP contribution in [0.1, 0.15) is 18.1 Å². The minimum absolute atomic E-state index is 0.297. The maximum Gasteiger partial charge on any atom is 0.107 e. The smallest absolute Gasteiger partial charge is 0.107 e. The van der Waals surface area contributed by atoms with Crippen LogP contribution in [0.4, 0.5) is 0 Å².